The molecule has 0 amide bonds. The van der Waals surface area contributed by atoms with Gasteiger partial charge in [-0.25, -0.2) is 0 Å². The van der Waals surface area contributed by atoms with Gasteiger partial charge >= 0.3 is 6.75 Å². The van der Waals surface area contributed by atoms with Crippen molar-refractivity contribution in [2.24, 2.45) is 0 Å². The largest absolute Gasteiger partial charge is 0.540 e. The molecule has 0 spiro atoms. The summed E-state index contributed by atoms with van der Waals surface area (Å²) >= 11 is 0. The molecule has 0 aliphatic carbocycles. The van der Waals surface area contributed by atoms with Gasteiger partial charge in [-0.2, -0.15) is 0 Å². The van der Waals surface area contributed by atoms with Crippen LogP contribution in [0.1, 0.15) is 0 Å². The first kappa shape index (κ1) is 9.24. The van der Waals surface area contributed by atoms with Crippen LogP contribution in [0.2, 0.25) is 0 Å². The second kappa shape index (κ2) is 3.71. The van der Waals surface area contributed by atoms with Crippen molar-refractivity contribution in [3.05, 3.63) is 12.5 Å². The SMILES string of the molecule is CO[B-](OC)(OC)c1ncco1. The van der Waals surface area contributed by atoms with E-state index in [2.05, 4.69) is 4.98 Å². The fraction of sp³-hybridized carbons (Fsp3) is 0.500. The van der Waals surface area contributed by atoms with Gasteiger partial charge in [0.05, 0.1) is 6.20 Å². The summed E-state index contributed by atoms with van der Waals surface area (Å²) in [5.41, 5.74) is 0. The highest BCUT2D eigenvalue weighted by molar-refractivity contribution is 6.73. The predicted molar refractivity (Wildman–Crippen MR) is 42.9 cm³/mol. The Morgan fingerprint density at radius 2 is 1.83 bits per heavy atom. The molecule has 12 heavy (non-hydrogen) atoms. The number of hydrogen-bond acceptors (Lipinski definition) is 5. The summed E-state index contributed by atoms with van der Waals surface area (Å²) < 4.78 is 20.1. The van der Waals surface area contributed by atoms with Crippen molar-refractivity contribution in [2.75, 3.05) is 21.3 Å². The van der Waals surface area contributed by atoms with Gasteiger partial charge in [-0.1, -0.05) is 0 Å². The van der Waals surface area contributed by atoms with E-state index in [4.69, 9.17) is 18.4 Å². The monoisotopic (exact) mass is 172 g/mol. The van der Waals surface area contributed by atoms with E-state index < -0.39 is 6.75 Å². The quantitative estimate of drug-likeness (QED) is 0.586. The average molecular weight is 172 g/mol. The zero-order valence-electron chi connectivity index (χ0n) is 7.31. The zero-order valence-corrected chi connectivity index (χ0v) is 7.31. The maximum Gasteiger partial charge on any atom is 0.463 e. The van der Waals surface area contributed by atoms with Gasteiger partial charge in [-0.05, 0) is 21.3 Å². The summed E-state index contributed by atoms with van der Waals surface area (Å²) in [7, 11) is 4.41. The molecule has 1 aromatic rings. The zero-order chi connectivity index (χ0) is 9.03. The summed E-state index contributed by atoms with van der Waals surface area (Å²) in [6.45, 7) is -2.00. The molecule has 0 unspecified atom stereocenters. The van der Waals surface area contributed by atoms with Crippen LogP contribution in [0.15, 0.2) is 16.9 Å². The molecule has 5 nitrogen and oxygen atoms in total. The summed E-state index contributed by atoms with van der Waals surface area (Å²) in [5, 5.41) is 0. The molecule has 0 bridgehead atoms. The molecule has 0 aliphatic heterocycles. The molecule has 0 radical (unpaired) electrons. The molecule has 0 N–H and O–H groups in total. The number of nitrogens with zero attached hydrogens (tertiary/aromatic N) is 1. The van der Waals surface area contributed by atoms with Crippen LogP contribution < -0.4 is 5.79 Å². The van der Waals surface area contributed by atoms with Crippen LogP contribution >= 0.6 is 0 Å². The van der Waals surface area contributed by atoms with E-state index in [1.54, 1.807) is 0 Å². The summed E-state index contributed by atoms with van der Waals surface area (Å²) in [5.74, 6) is 0.294. The molecule has 1 heterocycles. The smallest absolute Gasteiger partial charge is 0.463 e. The van der Waals surface area contributed by atoms with E-state index in [0.29, 0.717) is 5.79 Å². The molecule has 1 aromatic heterocycles. The molecule has 0 aromatic carbocycles. The molecule has 0 fully saturated rings. The Morgan fingerprint density at radius 3 is 2.17 bits per heavy atom. The van der Waals surface area contributed by atoms with Crippen molar-refractivity contribution in [3.8, 4) is 0 Å². The lowest BCUT2D eigenvalue weighted by atomic mass is 9.78. The highest BCUT2D eigenvalue weighted by atomic mass is 16.7. The Bertz CT molecular complexity index is 213. The van der Waals surface area contributed by atoms with Crippen molar-refractivity contribution in [1.82, 2.24) is 4.98 Å². The standard InChI is InChI=1S/C6H11BNO4/c1-9-7(10-2,11-3)6-8-4-5-12-6/h4-5H,1-3H3/q-1. The van der Waals surface area contributed by atoms with Crippen LogP contribution in [-0.4, -0.2) is 33.1 Å². The fourth-order valence-corrected chi connectivity index (χ4v) is 1.00. The van der Waals surface area contributed by atoms with Crippen molar-refractivity contribution in [3.63, 3.8) is 0 Å². The van der Waals surface area contributed by atoms with Gasteiger partial charge in [0.1, 0.15) is 12.1 Å². The minimum atomic E-state index is -2.00. The molecular weight excluding hydrogens is 161 g/mol. The average Bonchev–Trinajstić information content (AvgIpc) is 2.62. The second-order valence-corrected chi connectivity index (χ2v) is 2.22. The Hall–Kier alpha value is -0.845. The molecule has 0 atom stereocenters. The van der Waals surface area contributed by atoms with Gasteiger partial charge in [0, 0.05) is 0 Å². The molecule has 0 saturated carbocycles. The molecule has 0 aliphatic rings. The topological polar surface area (TPSA) is 53.7 Å². The van der Waals surface area contributed by atoms with Gasteiger partial charge in [0.25, 0.3) is 0 Å². The third kappa shape index (κ3) is 1.36. The minimum Gasteiger partial charge on any atom is -0.540 e. The van der Waals surface area contributed by atoms with Crippen LogP contribution in [0, 0.1) is 0 Å². The summed E-state index contributed by atoms with van der Waals surface area (Å²) in [6.07, 6.45) is 2.94. The lowest BCUT2D eigenvalue weighted by molar-refractivity contribution is 0.133. The van der Waals surface area contributed by atoms with E-state index in [1.807, 2.05) is 0 Å². The van der Waals surface area contributed by atoms with Crippen LogP contribution in [0.3, 0.4) is 0 Å². The number of hydrogen-bond donors (Lipinski definition) is 0. The first-order valence-electron chi connectivity index (χ1n) is 3.48. The predicted octanol–water partition coefficient (Wildman–Crippen LogP) is -0.240. The number of oxazole rings is 1. The number of aromatic nitrogens is 1. The maximum absolute atomic E-state index is 5.04. The van der Waals surface area contributed by atoms with Crippen molar-refractivity contribution in [1.29, 1.82) is 0 Å². The van der Waals surface area contributed by atoms with E-state index in [0.717, 1.165) is 0 Å². The number of rotatable bonds is 4. The van der Waals surface area contributed by atoms with Gasteiger partial charge in [0.2, 0.25) is 0 Å². The summed E-state index contributed by atoms with van der Waals surface area (Å²) in [4.78, 5) is 3.89. The third-order valence-electron chi connectivity index (χ3n) is 1.68. The second-order valence-electron chi connectivity index (χ2n) is 2.22. The van der Waals surface area contributed by atoms with Gasteiger partial charge < -0.3 is 18.4 Å². The highest BCUT2D eigenvalue weighted by Gasteiger charge is 2.33. The Morgan fingerprint density at radius 1 is 1.25 bits per heavy atom. The molecule has 6 heteroatoms. The minimum absolute atomic E-state index is 0.294. The molecule has 0 saturated heterocycles. The van der Waals surface area contributed by atoms with Crippen LogP contribution in [0.25, 0.3) is 0 Å². The highest BCUT2D eigenvalue weighted by Crippen LogP contribution is 2.04. The van der Waals surface area contributed by atoms with E-state index >= 15 is 0 Å². The van der Waals surface area contributed by atoms with Gasteiger partial charge in [-0.15, -0.1) is 0 Å². The normalized spacial score (nSPS) is 11.9. The van der Waals surface area contributed by atoms with E-state index in [1.165, 1.54) is 33.8 Å². The van der Waals surface area contributed by atoms with Crippen molar-refractivity contribution < 1.29 is 18.4 Å². The fourth-order valence-electron chi connectivity index (χ4n) is 1.00. The van der Waals surface area contributed by atoms with Gasteiger partial charge in [-0.3, -0.25) is 4.98 Å². The van der Waals surface area contributed by atoms with Crippen molar-refractivity contribution in [2.45, 2.75) is 0 Å². The molecular formula is C6H11BNO4-. The van der Waals surface area contributed by atoms with Crippen LogP contribution in [0.4, 0.5) is 0 Å². The lowest BCUT2D eigenvalue weighted by Crippen LogP contribution is -2.55. The third-order valence-corrected chi connectivity index (χ3v) is 1.68. The van der Waals surface area contributed by atoms with Crippen molar-refractivity contribution >= 4 is 12.5 Å². The molecule has 68 valence electrons. The first-order valence-corrected chi connectivity index (χ1v) is 3.48. The lowest BCUT2D eigenvalue weighted by Gasteiger charge is -2.33. The summed E-state index contributed by atoms with van der Waals surface area (Å²) in [6, 6.07) is 0. The molecule has 1 rings (SSSR count). The Kier molecular flexibility index (Phi) is 2.85. The van der Waals surface area contributed by atoms with E-state index in [9.17, 15) is 0 Å². The first-order chi connectivity index (χ1) is 5.79. The van der Waals surface area contributed by atoms with E-state index in [-0.39, 0.29) is 0 Å². The maximum atomic E-state index is 5.04. The van der Waals surface area contributed by atoms with Gasteiger partial charge in [0.15, 0.2) is 0 Å². The van der Waals surface area contributed by atoms with Crippen LogP contribution in [0.5, 0.6) is 0 Å². The Labute approximate surface area is 70.6 Å². The van der Waals surface area contributed by atoms with Crippen LogP contribution in [-0.2, 0) is 14.0 Å². The Balaban J connectivity index is 2.93.